The molecule has 1 N–H and O–H groups in total. The number of rotatable bonds is 3. The molecule has 21 heavy (non-hydrogen) atoms. The van der Waals surface area contributed by atoms with E-state index in [2.05, 4.69) is 11.4 Å². The van der Waals surface area contributed by atoms with Gasteiger partial charge in [0.2, 0.25) is 0 Å². The average molecular weight is 284 g/mol. The first kappa shape index (κ1) is 13.3. The molecule has 0 heterocycles. The van der Waals surface area contributed by atoms with Crippen molar-refractivity contribution in [3.8, 4) is 6.07 Å². The molecule has 4 fully saturated rings. The van der Waals surface area contributed by atoms with E-state index in [4.69, 9.17) is 5.26 Å². The minimum absolute atomic E-state index is 0.253. The van der Waals surface area contributed by atoms with E-state index in [0.29, 0.717) is 12.1 Å². The summed E-state index contributed by atoms with van der Waals surface area (Å²) in [5.41, 5.74) is 1.65. The molecule has 1 aromatic rings. The van der Waals surface area contributed by atoms with Crippen molar-refractivity contribution in [1.29, 1.82) is 5.26 Å². The third kappa shape index (κ3) is 2.36. The highest BCUT2D eigenvalue weighted by Gasteiger charge is 2.50. The molecule has 1 aromatic carbocycles. The van der Waals surface area contributed by atoms with Gasteiger partial charge in [-0.1, -0.05) is 0 Å². The van der Waals surface area contributed by atoms with E-state index in [9.17, 15) is 4.39 Å². The first-order chi connectivity index (χ1) is 10.2. The molecule has 4 aliphatic rings. The van der Waals surface area contributed by atoms with Crippen LogP contribution in [0, 0.1) is 34.9 Å². The second-order valence-corrected chi connectivity index (χ2v) is 7.46. The standard InChI is InChI=1S/C18H21FN2/c19-17-2-1-15(10-20)16(6-17)11-21-18-7-12-3-13(8-18)5-14(4-12)9-18/h1-2,6,12-14,21H,3-5,7-9,11H2. The van der Waals surface area contributed by atoms with Crippen molar-refractivity contribution in [2.75, 3.05) is 0 Å². The van der Waals surface area contributed by atoms with E-state index in [1.165, 1.54) is 50.7 Å². The van der Waals surface area contributed by atoms with Crippen LogP contribution < -0.4 is 5.32 Å². The lowest BCUT2D eigenvalue weighted by molar-refractivity contribution is -0.0206. The normalized spacial score (nSPS) is 36.7. The number of hydrogen-bond donors (Lipinski definition) is 1. The monoisotopic (exact) mass is 284 g/mol. The minimum atomic E-state index is -0.253. The molecule has 0 amide bonds. The SMILES string of the molecule is N#Cc1ccc(F)cc1CNC12CC3CC(CC(C3)C1)C2. The lowest BCUT2D eigenvalue weighted by atomic mass is 9.53. The average Bonchev–Trinajstić information content (AvgIpc) is 2.44. The lowest BCUT2D eigenvalue weighted by Crippen LogP contribution is -2.58. The highest BCUT2D eigenvalue weighted by Crippen LogP contribution is 2.55. The predicted octanol–water partition coefficient (Wildman–Crippen LogP) is 3.76. The van der Waals surface area contributed by atoms with Gasteiger partial charge in [0.05, 0.1) is 11.6 Å². The highest BCUT2D eigenvalue weighted by molar-refractivity contribution is 5.37. The van der Waals surface area contributed by atoms with Gasteiger partial charge in [-0.15, -0.1) is 0 Å². The molecule has 4 saturated carbocycles. The number of nitrogens with zero attached hydrogens (tertiary/aromatic N) is 1. The lowest BCUT2D eigenvalue weighted by Gasteiger charge is -2.57. The van der Waals surface area contributed by atoms with Gasteiger partial charge in [-0.05, 0) is 80.0 Å². The summed E-state index contributed by atoms with van der Waals surface area (Å²) in [6.07, 6.45) is 8.08. The Morgan fingerprint density at radius 1 is 1.14 bits per heavy atom. The summed E-state index contributed by atoms with van der Waals surface area (Å²) in [6.45, 7) is 0.618. The molecule has 5 rings (SSSR count). The van der Waals surface area contributed by atoms with Gasteiger partial charge in [-0.25, -0.2) is 4.39 Å². The Kier molecular flexibility index (Phi) is 3.04. The van der Waals surface area contributed by atoms with Gasteiger partial charge in [0, 0.05) is 12.1 Å². The fraction of sp³-hybridized carbons (Fsp3) is 0.611. The van der Waals surface area contributed by atoms with Crippen LogP contribution in [0.4, 0.5) is 4.39 Å². The number of hydrogen-bond acceptors (Lipinski definition) is 2. The number of benzene rings is 1. The summed E-state index contributed by atoms with van der Waals surface area (Å²) >= 11 is 0. The number of nitrogens with one attached hydrogen (secondary N) is 1. The van der Waals surface area contributed by atoms with Crippen molar-refractivity contribution in [3.63, 3.8) is 0 Å². The number of nitriles is 1. The van der Waals surface area contributed by atoms with E-state index < -0.39 is 0 Å². The summed E-state index contributed by atoms with van der Waals surface area (Å²) in [5, 5.41) is 12.9. The molecule has 2 nitrogen and oxygen atoms in total. The fourth-order valence-corrected chi connectivity index (χ4v) is 5.43. The van der Waals surface area contributed by atoms with E-state index in [-0.39, 0.29) is 11.4 Å². The van der Waals surface area contributed by atoms with Gasteiger partial charge in [0.1, 0.15) is 5.82 Å². The van der Waals surface area contributed by atoms with E-state index in [0.717, 1.165) is 23.3 Å². The molecular weight excluding hydrogens is 263 g/mol. The molecule has 4 bridgehead atoms. The minimum Gasteiger partial charge on any atom is -0.307 e. The van der Waals surface area contributed by atoms with Crippen LogP contribution in [0.25, 0.3) is 0 Å². The van der Waals surface area contributed by atoms with Crippen LogP contribution >= 0.6 is 0 Å². The van der Waals surface area contributed by atoms with Crippen molar-refractivity contribution in [3.05, 3.63) is 35.1 Å². The smallest absolute Gasteiger partial charge is 0.123 e. The first-order valence-corrected chi connectivity index (χ1v) is 8.09. The second kappa shape index (κ2) is 4.81. The third-order valence-corrected chi connectivity index (χ3v) is 5.88. The number of halogens is 1. The van der Waals surface area contributed by atoms with Crippen molar-refractivity contribution in [2.24, 2.45) is 17.8 Å². The zero-order valence-corrected chi connectivity index (χ0v) is 12.2. The predicted molar refractivity (Wildman–Crippen MR) is 78.9 cm³/mol. The van der Waals surface area contributed by atoms with Crippen LogP contribution in [0.1, 0.15) is 49.7 Å². The zero-order chi connectivity index (χ0) is 14.4. The van der Waals surface area contributed by atoms with Crippen LogP contribution in [0.3, 0.4) is 0 Å². The Morgan fingerprint density at radius 2 is 1.76 bits per heavy atom. The molecule has 0 aromatic heterocycles. The molecule has 0 saturated heterocycles. The van der Waals surface area contributed by atoms with Crippen LogP contribution in [-0.2, 0) is 6.54 Å². The maximum Gasteiger partial charge on any atom is 0.123 e. The van der Waals surface area contributed by atoms with Crippen molar-refractivity contribution < 1.29 is 4.39 Å². The summed E-state index contributed by atoms with van der Waals surface area (Å²) in [7, 11) is 0. The van der Waals surface area contributed by atoms with Gasteiger partial charge in [0.25, 0.3) is 0 Å². The quantitative estimate of drug-likeness (QED) is 0.917. The largest absolute Gasteiger partial charge is 0.307 e. The third-order valence-electron chi connectivity index (χ3n) is 5.88. The van der Waals surface area contributed by atoms with Crippen LogP contribution in [-0.4, -0.2) is 5.54 Å². The fourth-order valence-electron chi connectivity index (χ4n) is 5.43. The van der Waals surface area contributed by atoms with Gasteiger partial charge >= 0.3 is 0 Å². The molecule has 0 radical (unpaired) electrons. The van der Waals surface area contributed by atoms with Crippen LogP contribution in [0.2, 0.25) is 0 Å². The second-order valence-electron chi connectivity index (χ2n) is 7.46. The van der Waals surface area contributed by atoms with Gasteiger partial charge in [-0.3, -0.25) is 0 Å². The molecular formula is C18H21FN2. The molecule has 0 atom stereocenters. The van der Waals surface area contributed by atoms with Crippen molar-refractivity contribution >= 4 is 0 Å². The molecule has 0 spiro atoms. The zero-order valence-electron chi connectivity index (χ0n) is 12.2. The summed E-state index contributed by atoms with van der Waals surface area (Å²) in [4.78, 5) is 0. The molecule has 0 unspecified atom stereocenters. The highest BCUT2D eigenvalue weighted by atomic mass is 19.1. The molecule has 3 heteroatoms. The Morgan fingerprint density at radius 3 is 2.33 bits per heavy atom. The Labute approximate surface area is 125 Å². The van der Waals surface area contributed by atoms with E-state index in [1.54, 1.807) is 6.07 Å². The van der Waals surface area contributed by atoms with E-state index >= 15 is 0 Å². The molecule has 4 aliphatic carbocycles. The maximum atomic E-state index is 13.4. The topological polar surface area (TPSA) is 35.8 Å². The van der Waals surface area contributed by atoms with Crippen molar-refractivity contribution in [1.82, 2.24) is 5.32 Å². The first-order valence-electron chi connectivity index (χ1n) is 8.09. The molecule has 110 valence electrons. The summed E-state index contributed by atoms with van der Waals surface area (Å²) in [5.74, 6) is 2.43. The molecule has 0 aliphatic heterocycles. The van der Waals surface area contributed by atoms with Crippen molar-refractivity contribution in [2.45, 2.75) is 50.6 Å². The van der Waals surface area contributed by atoms with Gasteiger partial charge in [0.15, 0.2) is 0 Å². The Hall–Kier alpha value is -1.40. The maximum absolute atomic E-state index is 13.4. The van der Waals surface area contributed by atoms with E-state index in [1.807, 2.05) is 0 Å². The summed E-state index contributed by atoms with van der Waals surface area (Å²) in [6, 6.07) is 6.64. The van der Waals surface area contributed by atoms with Gasteiger partial charge in [-0.2, -0.15) is 5.26 Å². The van der Waals surface area contributed by atoms with Gasteiger partial charge < -0.3 is 5.32 Å². The summed E-state index contributed by atoms with van der Waals surface area (Å²) < 4.78 is 13.4. The van der Waals surface area contributed by atoms with Crippen LogP contribution in [0.5, 0.6) is 0 Å². The van der Waals surface area contributed by atoms with Crippen LogP contribution in [0.15, 0.2) is 18.2 Å². The Bertz CT molecular complexity index is 566. The Balaban J connectivity index is 1.52.